The smallest absolute Gasteiger partial charge is 0.309 e. The molecule has 5 heteroatoms. The minimum atomic E-state index is -0.510. The van der Waals surface area contributed by atoms with Gasteiger partial charge >= 0.3 is 11.9 Å². The fraction of sp³-hybridized carbons (Fsp3) is 0.579. The number of methoxy groups -OCH3 is 1. The maximum Gasteiger partial charge on any atom is 0.309 e. The monoisotopic (exact) mass is 334 g/mol. The third kappa shape index (κ3) is 3.55. The first-order chi connectivity index (χ1) is 11.3. The SMILES string of the molecule is CCOC(=O)[C@H]1C[C@@H](OC(C)=O)C[C@]1(C)c1cc(C)ccc1OC. The van der Waals surface area contributed by atoms with Crippen LogP contribution >= 0.6 is 0 Å². The molecule has 24 heavy (non-hydrogen) atoms. The number of carbonyl (C=O) groups is 2. The number of esters is 2. The van der Waals surface area contributed by atoms with Crippen LogP contribution in [0.1, 0.15) is 44.7 Å². The summed E-state index contributed by atoms with van der Waals surface area (Å²) in [6.07, 6.45) is 0.731. The predicted molar refractivity (Wildman–Crippen MR) is 90.0 cm³/mol. The van der Waals surface area contributed by atoms with E-state index in [1.54, 1.807) is 14.0 Å². The first-order valence-electron chi connectivity index (χ1n) is 8.30. The molecule has 1 aliphatic rings. The second-order valence-electron chi connectivity index (χ2n) is 6.60. The van der Waals surface area contributed by atoms with E-state index in [1.807, 2.05) is 32.0 Å². The molecule has 1 aliphatic carbocycles. The van der Waals surface area contributed by atoms with E-state index >= 15 is 0 Å². The second kappa shape index (κ2) is 7.24. The second-order valence-corrected chi connectivity index (χ2v) is 6.60. The van der Waals surface area contributed by atoms with E-state index in [-0.39, 0.29) is 24.0 Å². The Kier molecular flexibility index (Phi) is 5.52. The number of hydrogen-bond acceptors (Lipinski definition) is 5. The summed E-state index contributed by atoms with van der Waals surface area (Å²) in [6, 6.07) is 5.93. The Hall–Kier alpha value is -2.04. The molecular formula is C19H26O5. The molecule has 0 bridgehead atoms. The quantitative estimate of drug-likeness (QED) is 0.774. The average molecular weight is 334 g/mol. The minimum absolute atomic E-state index is 0.252. The Morgan fingerprint density at radius 1 is 1.33 bits per heavy atom. The standard InChI is InChI=1S/C19H26O5/c1-6-23-18(21)16-10-14(24-13(3)20)11-19(16,4)15-9-12(2)7-8-17(15)22-5/h7-9,14,16H,6,10-11H2,1-5H3/t14-,16-,19-/m1/s1. The van der Waals surface area contributed by atoms with E-state index < -0.39 is 5.41 Å². The van der Waals surface area contributed by atoms with Crippen molar-refractivity contribution in [1.29, 1.82) is 0 Å². The van der Waals surface area contributed by atoms with E-state index in [9.17, 15) is 9.59 Å². The van der Waals surface area contributed by atoms with Crippen LogP contribution in [0.2, 0.25) is 0 Å². The minimum Gasteiger partial charge on any atom is -0.496 e. The summed E-state index contributed by atoms with van der Waals surface area (Å²) in [5, 5.41) is 0. The summed E-state index contributed by atoms with van der Waals surface area (Å²) in [7, 11) is 1.62. The van der Waals surface area contributed by atoms with Gasteiger partial charge in [-0.05, 0) is 32.8 Å². The highest BCUT2D eigenvalue weighted by Gasteiger charge is 2.51. The van der Waals surface area contributed by atoms with Crippen molar-refractivity contribution in [2.75, 3.05) is 13.7 Å². The average Bonchev–Trinajstić information content (AvgIpc) is 2.84. The molecule has 1 fully saturated rings. The van der Waals surface area contributed by atoms with Gasteiger partial charge in [-0.25, -0.2) is 0 Å². The van der Waals surface area contributed by atoms with Gasteiger partial charge in [0.25, 0.3) is 0 Å². The summed E-state index contributed by atoms with van der Waals surface area (Å²) in [4.78, 5) is 23.9. The van der Waals surface area contributed by atoms with Crippen molar-refractivity contribution in [1.82, 2.24) is 0 Å². The fourth-order valence-electron chi connectivity index (χ4n) is 3.71. The molecule has 0 aromatic heterocycles. The van der Waals surface area contributed by atoms with Gasteiger partial charge in [-0.2, -0.15) is 0 Å². The van der Waals surface area contributed by atoms with Gasteiger partial charge in [-0.1, -0.05) is 24.6 Å². The number of benzene rings is 1. The van der Waals surface area contributed by atoms with Gasteiger partial charge in [0.2, 0.25) is 0 Å². The zero-order chi connectivity index (χ0) is 17.9. The Labute approximate surface area is 143 Å². The van der Waals surface area contributed by atoms with Crippen molar-refractivity contribution in [2.45, 2.75) is 52.1 Å². The molecule has 132 valence electrons. The molecule has 0 spiro atoms. The van der Waals surface area contributed by atoms with Crippen LogP contribution in [0.25, 0.3) is 0 Å². The lowest BCUT2D eigenvalue weighted by Gasteiger charge is -2.32. The van der Waals surface area contributed by atoms with E-state index in [2.05, 4.69) is 0 Å². The summed E-state index contributed by atoms with van der Waals surface area (Å²) < 4.78 is 16.2. The van der Waals surface area contributed by atoms with Crippen molar-refractivity contribution in [3.05, 3.63) is 29.3 Å². The molecule has 1 saturated carbocycles. The number of rotatable bonds is 5. The van der Waals surface area contributed by atoms with Crippen LogP contribution in [-0.4, -0.2) is 31.8 Å². The van der Waals surface area contributed by atoms with Crippen LogP contribution in [0.5, 0.6) is 5.75 Å². The van der Waals surface area contributed by atoms with Crippen LogP contribution in [0.4, 0.5) is 0 Å². The molecular weight excluding hydrogens is 308 g/mol. The van der Waals surface area contributed by atoms with Crippen molar-refractivity contribution >= 4 is 11.9 Å². The fourth-order valence-corrected chi connectivity index (χ4v) is 3.71. The normalized spacial score (nSPS) is 26.0. The topological polar surface area (TPSA) is 61.8 Å². The lowest BCUT2D eigenvalue weighted by Crippen LogP contribution is -2.34. The van der Waals surface area contributed by atoms with Gasteiger partial charge in [-0.15, -0.1) is 0 Å². The molecule has 1 aromatic rings. The molecule has 0 heterocycles. The maximum absolute atomic E-state index is 12.5. The molecule has 2 rings (SSSR count). The molecule has 5 nitrogen and oxygen atoms in total. The van der Waals surface area contributed by atoms with Crippen LogP contribution in [0, 0.1) is 12.8 Å². The van der Waals surface area contributed by atoms with Gasteiger partial charge in [-0.3, -0.25) is 9.59 Å². The molecule has 0 N–H and O–H groups in total. The lowest BCUT2D eigenvalue weighted by molar-refractivity contribution is -0.151. The van der Waals surface area contributed by atoms with Gasteiger partial charge in [0, 0.05) is 17.9 Å². The van der Waals surface area contributed by atoms with Crippen LogP contribution < -0.4 is 4.74 Å². The van der Waals surface area contributed by atoms with E-state index in [0.29, 0.717) is 19.4 Å². The number of ether oxygens (including phenoxy) is 3. The molecule has 3 atom stereocenters. The molecule has 0 saturated heterocycles. The highest BCUT2D eigenvalue weighted by Crippen LogP contribution is 2.50. The van der Waals surface area contributed by atoms with Gasteiger partial charge < -0.3 is 14.2 Å². The van der Waals surface area contributed by atoms with E-state index in [0.717, 1.165) is 16.9 Å². The molecule has 0 amide bonds. The first kappa shape index (κ1) is 18.3. The maximum atomic E-state index is 12.5. The van der Waals surface area contributed by atoms with Crippen LogP contribution in [0.15, 0.2) is 18.2 Å². The highest BCUT2D eigenvalue weighted by atomic mass is 16.5. The van der Waals surface area contributed by atoms with Crippen LogP contribution in [0.3, 0.4) is 0 Å². The Morgan fingerprint density at radius 3 is 2.62 bits per heavy atom. The van der Waals surface area contributed by atoms with Crippen molar-refractivity contribution in [3.63, 3.8) is 0 Å². The third-order valence-electron chi connectivity index (χ3n) is 4.79. The first-order valence-corrected chi connectivity index (χ1v) is 8.30. The Morgan fingerprint density at radius 2 is 2.04 bits per heavy atom. The molecule has 0 aliphatic heterocycles. The Balaban J connectivity index is 2.46. The third-order valence-corrected chi connectivity index (χ3v) is 4.79. The zero-order valence-corrected chi connectivity index (χ0v) is 15.0. The molecule has 0 radical (unpaired) electrons. The van der Waals surface area contributed by atoms with Crippen molar-refractivity contribution < 1.29 is 23.8 Å². The number of aryl methyl sites for hydroxylation is 1. The van der Waals surface area contributed by atoms with Gasteiger partial charge in [0.05, 0.1) is 19.6 Å². The summed E-state index contributed by atoms with van der Waals surface area (Å²) in [6.45, 7) is 7.54. The van der Waals surface area contributed by atoms with Crippen molar-refractivity contribution in [2.24, 2.45) is 5.92 Å². The van der Waals surface area contributed by atoms with Gasteiger partial charge in [0.15, 0.2) is 0 Å². The lowest BCUT2D eigenvalue weighted by atomic mass is 9.73. The zero-order valence-electron chi connectivity index (χ0n) is 15.0. The molecule has 1 aromatic carbocycles. The number of hydrogen-bond donors (Lipinski definition) is 0. The summed E-state index contributed by atoms with van der Waals surface area (Å²) >= 11 is 0. The Bertz CT molecular complexity index is 624. The molecule has 0 unspecified atom stereocenters. The van der Waals surface area contributed by atoms with Crippen LogP contribution in [-0.2, 0) is 24.5 Å². The predicted octanol–water partition coefficient (Wildman–Crippen LogP) is 3.17. The number of carbonyl (C=O) groups excluding carboxylic acids is 2. The summed E-state index contributed by atoms with van der Waals surface area (Å²) in [5.41, 5.74) is 1.53. The summed E-state index contributed by atoms with van der Waals surface area (Å²) in [5.74, 6) is -0.223. The van der Waals surface area contributed by atoms with E-state index in [1.165, 1.54) is 6.92 Å². The largest absolute Gasteiger partial charge is 0.496 e. The van der Waals surface area contributed by atoms with E-state index in [4.69, 9.17) is 14.2 Å². The highest BCUT2D eigenvalue weighted by molar-refractivity contribution is 5.76. The van der Waals surface area contributed by atoms with Gasteiger partial charge in [0.1, 0.15) is 11.9 Å². The van der Waals surface area contributed by atoms with Crippen molar-refractivity contribution in [3.8, 4) is 5.75 Å².